The molecule has 1 aromatic rings. The molecule has 1 saturated carbocycles. The Morgan fingerprint density at radius 1 is 1.10 bits per heavy atom. The Kier molecular flexibility index (Phi) is 5.65. The molecule has 2 rings (SSSR count). The molecule has 0 saturated heterocycles. The normalized spacial score (nSPS) is 23.5. The van der Waals surface area contributed by atoms with Gasteiger partial charge in [0.25, 0.3) is 0 Å². The smallest absolute Gasteiger partial charge is 0.240 e. The highest BCUT2D eigenvalue weighted by atomic mass is 32.2. The lowest BCUT2D eigenvalue weighted by Gasteiger charge is -2.16. The van der Waals surface area contributed by atoms with E-state index in [1.165, 1.54) is 6.42 Å². The van der Waals surface area contributed by atoms with E-state index < -0.39 is 10.0 Å². The summed E-state index contributed by atoms with van der Waals surface area (Å²) in [6.07, 6.45) is 5.30. The topological polar surface area (TPSA) is 58.2 Å². The molecule has 2 N–H and O–H groups in total. The molecule has 1 aromatic carbocycles. The Hall–Kier alpha value is -1.07. The minimum atomic E-state index is -3.40. The third-order valence-corrected chi connectivity index (χ3v) is 5.66. The van der Waals surface area contributed by atoms with E-state index in [4.69, 9.17) is 0 Å². The average Bonchev–Trinajstić information content (AvgIpc) is 2.64. The minimum absolute atomic E-state index is 0.0772. The van der Waals surface area contributed by atoms with Gasteiger partial charge in [0.15, 0.2) is 0 Å². The Labute approximate surface area is 128 Å². The van der Waals surface area contributed by atoms with Crippen molar-refractivity contribution in [3.63, 3.8) is 0 Å². The number of rotatable bonds is 5. The number of hydrogen-bond donors (Lipinski definition) is 2. The summed E-state index contributed by atoms with van der Waals surface area (Å²) in [4.78, 5) is 0.349. The van der Waals surface area contributed by atoms with E-state index in [1.807, 2.05) is 19.1 Å². The van der Waals surface area contributed by atoms with Crippen molar-refractivity contribution >= 4 is 15.7 Å². The van der Waals surface area contributed by atoms with Crippen LogP contribution < -0.4 is 10.0 Å². The molecular formula is C16H26N2O2S. The van der Waals surface area contributed by atoms with Crippen molar-refractivity contribution in [2.24, 2.45) is 5.92 Å². The van der Waals surface area contributed by atoms with Crippen molar-refractivity contribution in [2.75, 3.05) is 11.9 Å². The molecule has 1 fully saturated rings. The third kappa shape index (κ3) is 4.71. The van der Waals surface area contributed by atoms with Gasteiger partial charge in [0.2, 0.25) is 10.0 Å². The van der Waals surface area contributed by atoms with Crippen LogP contribution in [0.15, 0.2) is 29.2 Å². The Morgan fingerprint density at radius 2 is 1.81 bits per heavy atom. The molecule has 21 heavy (non-hydrogen) atoms. The van der Waals surface area contributed by atoms with Crippen LogP contribution in [0.25, 0.3) is 0 Å². The van der Waals surface area contributed by atoms with Crippen LogP contribution in [0.3, 0.4) is 0 Å². The molecule has 0 amide bonds. The monoisotopic (exact) mass is 310 g/mol. The molecule has 4 nitrogen and oxygen atoms in total. The molecule has 0 aromatic heterocycles. The molecule has 5 heteroatoms. The molecule has 0 bridgehead atoms. The zero-order valence-electron chi connectivity index (χ0n) is 12.9. The summed E-state index contributed by atoms with van der Waals surface area (Å²) < 4.78 is 27.7. The van der Waals surface area contributed by atoms with Crippen LogP contribution in [-0.4, -0.2) is 21.0 Å². The number of sulfonamides is 1. The molecule has 0 spiro atoms. The molecule has 1 aliphatic rings. The summed E-state index contributed by atoms with van der Waals surface area (Å²) in [6.45, 7) is 5.08. The van der Waals surface area contributed by atoms with Gasteiger partial charge in [-0.1, -0.05) is 19.8 Å². The van der Waals surface area contributed by atoms with Gasteiger partial charge < -0.3 is 5.32 Å². The van der Waals surface area contributed by atoms with Crippen molar-refractivity contribution in [3.05, 3.63) is 24.3 Å². The van der Waals surface area contributed by atoms with E-state index in [0.717, 1.165) is 37.9 Å². The Balaban J connectivity index is 2.03. The van der Waals surface area contributed by atoms with Crippen molar-refractivity contribution in [3.8, 4) is 0 Å². The summed E-state index contributed by atoms with van der Waals surface area (Å²) in [5.74, 6) is 0.707. The van der Waals surface area contributed by atoms with E-state index in [1.54, 1.807) is 12.1 Å². The largest absolute Gasteiger partial charge is 0.385 e. The highest BCUT2D eigenvalue weighted by Gasteiger charge is 2.22. The van der Waals surface area contributed by atoms with Gasteiger partial charge in [0, 0.05) is 18.3 Å². The quantitative estimate of drug-likeness (QED) is 0.820. The molecule has 0 radical (unpaired) electrons. The molecular weight excluding hydrogens is 284 g/mol. The second-order valence-corrected chi connectivity index (χ2v) is 7.70. The first kappa shape index (κ1) is 16.3. The maximum absolute atomic E-state index is 12.4. The summed E-state index contributed by atoms with van der Waals surface area (Å²) in [6, 6.07) is 7.04. The molecule has 1 aliphatic carbocycles. The standard InChI is InChI=1S/C16H26N2O2S/c1-3-17-14-9-11-16(12-10-14)21(19,20)18-15-6-4-5-13(2)7-8-15/h9-13,15,17-18H,3-8H2,1-2H3. The second kappa shape index (κ2) is 7.27. The van der Waals surface area contributed by atoms with Gasteiger partial charge in [0.1, 0.15) is 0 Å². The van der Waals surface area contributed by atoms with E-state index in [-0.39, 0.29) is 6.04 Å². The Bertz CT molecular complexity index is 540. The van der Waals surface area contributed by atoms with Crippen molar-refractivity contribution in [2.45, 2.75) is 56.9 Å². The predicted molar refractivity (Wildman–Crippen MR) is 87.0 cm³/mol. The lowest BCUT2D eigenvalue weighted by atomic mass is 10.0. The van der Waals surface area contributed by atoms with Crippen molar-refractivity contribution in [1.29, 1.82) is 0 Å². The third-order valence-electron chi connectivity index (χ3n) is 4.12. The predicted octanol–water partition coefficient (Wildman–Crippen LogP) is 3.37. The van der Waals surface area contributed by atoms with Gasteiger partial charge in [-0.3, -0.25) is 0 Å². The van der Waals surface area contributed by atoms with Gasteiger partial charge in [-0.15, -0.1) is 0 Å². The number of anilines is 1. The van der Waals surface area contributed by atoms with E-state index >= 15 is 0 Å². The van der Waals surface area contributed by atoms with Crippen molar-refractivity contribution < 1.29 is 8.42 Å². The summed E-state index contributed by atoms with van der Waals surface area (Å²) >= 11 is 0. The zero-order valence-corrected chi connectivity index (χ0v) is 13.7. The zero-order chi connectivity index (χ0) is 15.3. The summed E-state index contributed by atoms with van der Waals surface area (Å²) in [7, 11) is -3.40. The SMILES string of the molecule is CCNc1ccc(S(=O)(=O)NC2CCCC(C)CC2)cc1. The minimum Gasteiger partial charge on any atom is -0.385 e. The first-order valence-corrected chi connectivity index (χ1v) is 9.36. The maximum atomic E-state index is 12.4. The fourth-order valence-electron chi connectivity index (χ4n) is 2.85. The first-order valence-electron chi connectivity index (χ1n) is 7.87. The molecule has 118 valence electrons. The summed E-state index contributed by atoms with van der Waals surface area (Å²) in [5, 5.41) is 3.17. The maximum Gasteiger partial charge on any atom is 0.240 e. The lowest BCUT2D eigenvalue weighted by molar-refractivity contribution is 0.484. The van der Waals surface area contributed by atoms with Gasteiger partial charge in [-0.05, 0) is 56.4 Å². The van der Waals surface area contributed by atoms with Crippen LogP contribution >= 0.6 is 0 Å². The number of nitrogens with one attached hydrogen (secondary N) is 2. The lowest BCUT2D eigenvalue weighted by Crippen LogP contribution is -2.34. The molecule has 2 unspecified atom stereocenters. The van der Waals surface area contributed by atoms with Crippen LogP contribution in [0.5, 0.6) is 0 Å². The van der Waals surface area contributed by atoms with Crippen LogP contribution in [-0.2, 0) is 10.0 Å². The van der Waals surface area contributed by atoms with Gasteiger partial charge in [-0.25, -0.2) is 13.1 Å². The van der Waals surface area contributed by atoms with Gasteiger partial charge >= 0.3 is 0 Å². The highest BCUT2D eigenvalue weighted by molar-refractivity contribution is 7.89. The average molecular weight is 310 g/mol. The van der Waals surface area contributed by atoms with Gasteiger partial charge in [0.05, 0.1) is 4.90 Å². The fraction of sp³-hybridized carbons (Fsp3) is 0.625. The van der Waals surface area contributed by atoms with Gasteiger partial charge in [-0.2, -0.15) is 0 Å². The Morgan fingerprint density at radius 3 is 2.48 bits per heavy atom. The fourth-order valence-corrected chi connectivity index (χ4v) is 4.15. The molecule has 0 aliphatic heterocycles. The van der Waals surface area contributed by atoms with E-state index in [9.17, 15) is 8.42 Å². The van der Waals surface area contributed by atoms with Crippen molar-refractivity contribution in [1.82, 2.24) is 4.72 Å². The van der Waals surface area contributed by atoms with E-state index in [0.29, 0.717) is 10.8 Å². The van der Waals surface area contributed by atoms with Crippen LogP contribution in [0.1, 0.15) is 46.0 Å². The number of benzene rings is 1. The van der Waals surface area contributed by atoms with Crippen LogP contribution in [0.2, 0.25) is 0 Å². The van der Waals surface area contributed by atoms with Crippen LogP contribution in [0.4, 0.5) is 5.69 Å². The molecule has 0 heterocycles. The highest BCUT2D eigenvalue weighted by Crippen LogP contribution is 2.24. The second-order valence-electron chi connectivity index (χ2n) is 5.99. The number of hydrogen-bond acceptors (Lipinski definition) is 3. The summed E-state index contributed by atoms with van der Waals surface area (Å²) in [5.41, 5.74) is 0.944. The van der Waals surface area contributed by atoms with E-state index in [2.05, 4.69) is 17.0 Å². The molecule has 2 atom stereocenters. The van der Waals surface area contributed by atoms with Crippen LogP contribution in [0, 0.1) is 5.92 Å². The first-order chi connectivity index (χ1) is 10.0.